The van der Waals surface area contributed by atoms with Crippen molar-refractivity contribution in [3.8, 4) is 11.3 Å². The van der Waals surface area contributed by atoms with Crippen LogP contribution in [0, 0.1) is 0 Å². The molecular weight excluding hydrogens is 224 g/mol. The Morgan fingerprint density at radius 1 is 1.11 bits per heavy atom. The second-order valence-corrected chi connectivity index (χ2v) is 4.34. The van der Waals surface area contributed by atoms with E-state index in [9.17, 15) is 0 Å². The average Bonchev–Trinajstić information content (AvgIpc) is 2.47. The molecule has 0 fully saturated rings. The van der Waals surface area contributed by atoms with Gasteiger partial charge >= 0.3 is 0 Å². The summed E-state index contributed by atoms with van der Waals surface area (Å²) in [6, 6.07) is 14.2. The molecule has 2 rings (SSSR count). The van der Waals surface area contributed by atoms with Crippen LogP contribution >= 0.6 is 0 Å². The van der Waals surface area contributed by atoms with Crippen LogP contribution in [-0.4, -0.2) is 29.8 Å². The molecule has 0 spiro atoms. The molecule has 1 aromatic heterocycles. The quantitative estimate of drug-likeness (QED) is 0.890. The molecule has 4 nitrogen and oxygen atoms in total. The summed E-state index contributed by atoms with van der Waals surface area (Å²) >= 11 is 0. The van der Waals surface area contributed by atoms with Gasteiger partial charge in [0.15, 0.2) is 5.82 Å². The molecule has 0 aliphatic rings. The molecule has 2 aromatic rings. The lowest BCUT2D eigenvalue weighted by molar-refractivity contribution is 0.682. The maximum absolute atomic E-state index is 5.64. The highest BCUT2D eigenvalue weighted by atomic mass is 15.3. The van der Waals surface area contributed by atoms with Crippen molar-refractivity contribution in [3.63, 3.8) is 0 Å². The van der Waals surface area contributed by atoms with E-state index in [1.54, 1.807) is 0 Å². The average molecular weight is 242 g/mol. The second-order valence-electron chi connectivity index (χ2n) is 4.34. The highest BCUT2D eigenvalue weighted by Gasteiger charge is 2.10. The van der Waals surface area contributed by atoms with E-state index >= 15 is 0 Å². The van der Waals surface area contributed by atoms with Crippen molar-refractivity contribution in [1.29, 1.82) is 0 Å². The van der Waals surface area contributed by atoms with E-state index in [-0.39, 0.29) is 6.04 Å². The number of anilines is 1. The summed E-state index contributed by atoms with van der Waals surface area (Å²) in [5, 5.41) is 8.50. The largest absolute Gasteiger partial charge is 0.354 e. The molecule has 0 saturated heterocycles. The van der Waals surface area contributed by atoms with E-state index in [1.807, 2.05) is 54.4 Å². The smallest absolute Gasteiger partial charge is 0.151 e. The van der Waals surface area contributed by atoms with Crippen molar-refractivity contribution in [2.75, 3.05) is 18.5 Å². The number of nitrogens with two attached hydrogens (primary N) is 1. The zero-order chi connectivity index (χ0) is 13.0. The van der Waals surface area contributed by atoms with Crippen molar-refractivity contribution in [2.24, 2.45) is 5.73 Å². The van der Waals surface area contributed by atoms with Gasteiger partial charge in [-0.15, -0.1) is 10.2 Å². The van der Waals surface area contributed by atoms with Crippen LogP contribution < -0.4 is 10.6 Å². The van der Waals surface area contributed by atoms with Crippen molar-refractivity contribution < 1.29 is 0 Å². The molecule has 0 aliphatic heterocycles. The Bertz CT molecular complexity index is 481. The third-order valence-electron chi connectivity index (χ3n) is 3.08. The third kappa shape index (κ3) is 2.65. The van der Waals surface area contributed by atoms with Crippen molar-refractivity contribution in [3.05, 3.63) is 42.5 Å². The zero-order valence-corrected chi connectivity index (χ0v) is 10.7. The summed E-state index contributed by atoms with van der Waals surface area (Å²) in [4.78, 5) is 2.03. The number of likely N-dealkylation sites (N-methyl/N-ethyl adjacent to an activating group) is 1. The summed E-state index contributed by atoms with van der Waals surface area (Å²) < 4.78 is 0. The zero-order valence-electron chi connectivity index (χ0n) is 10.7. The predicted octanol–water partition coefficient (Wildman–Crippen LogP) is 1.93. The first-order chi connectivity index (χ1) is 8.72. The molecule has 0 aliphatic carbocycles. The van der Waals surface area contributed by atoms with Crippen molar-refractivity contribution in [1.82, 2.24) is 10.2 Å². The molecule has 1 atom stereocenters. The van der Waals surface area contributed by atoms with Gasteiger partial charge in [-0.25, -0.2) is 0 Å². The lowest BCUT2D eigenvalue weighted by Gasteiger charge is -2.24. The van der Waals surface area contributed by atoms with Crippen molar-refractivity contribution >= 4 is 5.82 Å². The Morgan fingerprint density at radius 2 is 1.83 bits per heavy atom. The minimum Gasteiger partial charge on any atom is -0.354 e. The Hall–Kier alpha value is -1.94. The first kappa shape index (κ1) is 12.5. The molecule has 1 aromatic carbocycles. The molecule has 4 heteroatoms. The number of aromatic nitrogens is 2. The van der Waals surface area contributed by atoms with Gasteiger partial charge in [0, 0.05) is 25.2 Å². The first-order valence-electron chi connectivity index (χ1n) is 6.04. The van der Waals surface area contributed by atoms with Crippen LogP contribution in [0.4, 0.5) is 5.82 Å². The second kappa shape index (κ2) is 5.60. The Balaban J connectivity index is 2.20. The monoisotopic (exact) mass is 242 g/mol. The van der Waals surface area contributed by atoms with Crippen LogP contribution in [-0.2, 0) is 0 Å². The minimum absolute atomic E-state index is 0.252. The highest BCUT2D eigenvalue weighted by Crippen LogP contribution is 2.18. The molecule has 0 radical (unpaired) electrons. The van der Waals surface area contributed by atoms with Gasteiger partial charge in [0.25, 0.3) is 0 Å². The summed E-state index contributed by atoms with van der Waals surface area (Å²) in [6.45, 7) is 2.66. The summed E-state index contributed by atoms with van der Waals surface area (Å²) in [6.07, 6.45) is 0. The fourth-order valence-corrected chi connectivity index (χ4v) is 1.66. The number of benzene rings is 1. The van der Waals surface area contributed by atoms with Crippen molar-refractivity contribution in [2.45, 2.75) is 13.0 Å². The molecular formula is C14H18N4. The van der Waals surface area contributed by atoms with E-state index in [4.69, 9.17) is 5.73 Å². The number of rotatable bonds is 4. The van der Waals surface area contributed by atoms with E-state index < -0.39 is 0 Å². The van der Waals surface area contributed by atoms with E-state index in [0.29, 0.717) is 6.54 Å². The van der Waals surface area contributed by atoms with Gasteiger partial charge in [-0.1, -0.05) is 30.3 Å². The van der Waals surface area contributed by atoms with Crippen LogP contribution in [0.25, 0.3) is 11.3 Å². The summed E-state index contributed by atoms with van der Waals surface area (Å²) in [7, 11) is 1.98. The summed E-state index contributed by atoms with van der Waals surface area (Å²) in [5.41, 5.74) is 7.60. The van der Waals surface area contributed by atoms with Gasteiger partial charge in [-0.3, -0.25) is 0 Å². The molecule has 0 amide bonds. The van der Waals surface area contributed by atoms with E-state index in [0.717, 1.165) is 17.1 Å². The number of nitrogens with zero attached hydrogens (tertiary/aromatic N) is 3. The highest BCUT2D eigenvalue weighted by molar-refractivity contribution is 5.59. The van der Waals surface area contributed by atoms with Crippen LogP contribution in [0.1, 0.15) is 6.92 Å². The van der Waals surface area contributed by atoms with Gasteiger partial charge in [0.05, 0.1) is 5.69 Å². The van der Waals surface area contributed by atoms with Gasteiger partial charge in [0.1, 0.15) is 0 Å². The standard InChI is InChI=1S/C14H18N4/c1-11(10-15)18(2)14-9-8-13(16-17-14)12-6-4-3-5-7-12/h3-9,11H,10,15H2,1-2H3. The first-order valence-corrected chi connectivity index (χ1v) is 6.04. The minimum atomic E-state index is 0.252. The predicted molar refractivity (Wildman–Crippen MR) is 74.4 cm³/mol. The van der Waals surface area contributed by atoms with Crippen LogP contribution in [0.3, 0.4) is 0 Å². The van der Waals surface area contributed by atoms with Gasteiger partial charge in [-0.2, -0.15) is 0 Å². The van der Waals surface area contributed by atoms with Crippen LogP contribution in [0.15, 0.2) is 42.5 Å². The molecule has 94 valence electrons. The van der Waals surface area contributed by atoms with Crippen LogP contribution in [0.2, 0.25) is 0 Å². The molecule has 1 heterocycles. The molecule has 2 N–H and O–H groups in total. The Morgan fingerprint density at radius 3 is 2.39 bits per heavy atom. The van der Waals surface area contributed by atoms with Gasteiger partial charge < -0.3 is 10.6 Å². The normalized spacial score (nSPS) is 12.2. The van der Waals surface area contributed by atoms with Crippen LogP contribution in [0.5, 0.6) is 0 Å². The molecule has 18 heavy (non-hydrogen) atoms. The topological polar surface area (TPSA) is 55.0 Å². The third-order valence-corrected chi connectivity index (χ3v) is 3.08. The lowest BCUT2D eigenvalue weighted by atomic mass is 10.1. The maximum atomic E-state index is 5.64. The molecule has 1 unspecified atom stereocenters. The van der Waals surface area contributed by atoms with E-state index in [2.05, 4.69) is 17.1 Å². The van der Waals surface area contributed by atoms with Gasteiger partial charge in [0.2, 0.25) is 0 Å². The Labute approximate surface area is 107 Å². The summed E-state index contributed by atoms with van der Waals surface area (Å²) in [5.74, 6) is 0.840. The van der Waals surface area contributed by atoms with E-state index in [1.165, 1.54) is 0 Å². The maximum Gasteiger partial charge on any atom is 0.151 e. The number of hydrogen-bond donors (Lipinski definition) is 1. The number of hydrogen-bond acceptors (Lipinski definition) is 4. The SMILES string of the molecule is CC(CN)N(C)c1ccc(-c2ccccc2)nn1. The van der Waals surface area contributed by atoms with Gasteiger partial charge in [-0.05, 0) is 19.1 Å². The fraction of sp³-hybridized carbons (Fsp3) is 0.286. The molecule has 0 saturated carbocycles. The fourth-order valence-electron chi connectivity index (χ4n) is 1.66. The lowest BCUT2D eigenvalue weighted by Crippen LogP contribution is -2.35. The Kier molecular flexibility index (Phi) is 3.89. The molecule has 0 bridgehead atoms.